The van der Waals surface area contributed by atoms with Crippen LogP contribution < -0.4 is 5.32 Å². The lowest BCUT2D eigenvalue weighted by molar-refractivity contribution is -0.137. The molecule has 0 heterocycles. The van der Waals surface area contributed by atoms with E-state index in [1.807, 2.05) is 37.4 Å². The number of hydrogen-bond donors (Lipinski definition) is 2. The van der Waals surface area contributed by atoms with Crippen LogP contribution in [-0.2, 0) is 9.59 Å². The maximum atomic E-state index is 13.3. The van der Waals surface area contributed by atoms with Gasteiger partial charge in [-0.25, -0.2) is 4.39 Å². The van der Waals surface area contributed by atoms with Crippen molar-refractivity contribution >= 4 is 23.6 Å². The zero-order valence-electron chi connectivity index (χ0n) is 14.7. The molecule has 0 fully saturated rings. The molecule has 2 N–H and O–H groups in total. The second kappa shape index (κ2) is 9.38. The van der Waals surface area contributed by atoms with Gasteiger partial charge in [-0.05, 0) is 47.6 Å². The van der Waals surface area contributed by atoms with Crippen LogP contribution in [0.2, 0.25) is 0 Å². The minimum atomic E-state index is -0.984. The third-order valence-corrected chi connectivity index (χ3v) is 4.88. The Kier molecular flexibility index (Phi) is 7.21. The van der Waals surface area contributed by atoms with Crippen LogP contribution in [0.5, 0.6) is 0 Å². The highest BCUT2D eigenvalue weighted by molar-refractivity contribution is 7.98. The van der Waals surface area contributed by atoms with Crippen LogP contribution in [-0.4, -0.2) is 23.2 Å². The number of carbonyl (C=O) groups is 2. The summed E-state index contributed by atoms with van der Waals surface area (Å²) < 4.78 is 13.3. The first-order valence-corrected chi connectivity index (χ1v) is 9.52. The molecule has 1 amide bonds. The van der Waals surface area contributed by atoms with Crippen LogP contribution in [0.4, 0.5) is 4.39 Å². The smallest absolute Gasteiger partial charge is 0.305 e. The fraction of sp³-hybridized carbons (Fsp3) is 0.300. The molecule has 2 unspecified atom stereocenters. The first-order valence-electron chi connectivity index (χ1n) is 8.29. The number of nitrogens with one attached hydrogen (secondary N) is 1. The van der Waals surface area contributed by atoms with Gasteiger partial charge in [0.05, 0.1) is 12.5 Å². The summed E-state index contributed by atoms with van der Waals surface area (Å²) in [6.07, 6.45) is 1.92. The molecule has 2 atom stereocenters. The molecular weight excluding hydrogens is 353 g/mol. The molecule has 6 heteroatoms. The van der Waals surface area contributed by atoms with Crippen molar-refractivity contribution in [2.45, 2.75) is 36.6 Å². The third kappa shape index (κ3) is 5.88. The summed E-state index contributed by atoms with van der Waals surface area (Å²) in [5.41, 5.74) is 1.48. The van der Waals surface area contributed by atoms with Crippen molar-refractivity contribution < 1.29 is 19.1 Å². The lowest BCUT2D eigenvalue weighted by Crippen LogP contribution is -2.30. The molecule has 0 aliphatic heterocycles. The van der Waals surface area contributed by atoms with Crippen LogP contribution in [0.25, 0.3) is 0 Å². The van der Waals surface area contributed by atoms with Crippen LogP contribution in [0, 0.1) is 5.82 Å². The highest BCUT2D eigenvalue weighted by atomic mass is 32.2. The summed E-state index contributed by atoms with van der Waals surface area (Å²) in [4.78, 5) is 24.6. The van der Waals surface area contributed by atoms with Crippen molar-refractivity contribution in [1.29, 1.82) is 0 Å². The number of amides is 1. The van der Waals surface area contributed by atoms with E-state index in [1.165, 1.54) is 12.1 Å². The van der Waals surface area contributed by atoms with Crippen molar-refractivity contribution in [2.75, 3.05) is 6.26 Å². The summed E-state index contributed by atoms with van der Waals surface area (Å²) in [6.45, 7) is 1.84. The van der Waals surface area contributed by atoms with Crippen LogP contribution >= 0.6 is 11.8 Å². The predicted octanol–water partition coefficient (Wildman–Crippen LogP) is 4.37. The number of carbonyl (C=O) groups excluding carboxylic acids is 1. The number of halogens is 1. The van der Waals surface area contributed by atoms with Crippen LogP contribution in [0.15, 0.2) is 53.4 Å². The highest BCUT2D eigenvalue weighted by Gasteiger charge is 2.20. The molecule has 0 spiro atoms. The van der Waals surface area contributed by atoms with E-state index in [4.69, 9.17) is 5.11 Å². The molecule has 2 aromatic carbocycles. The van der Waals surface area contributed by atoms with Gasteiger partial charge < -0.3 is 10.4 Å². The zero-order chi connectivity index (χ0) is 19.1. The van der Waals surface area contributed by atoms with Gasteiger partial charge in [0, 0.05) is 11.3 Å². The predicted molar refractivity (Wildman–Crippen MR) is 101 cm³/mol. The van der Waals surface area contributed by atoms with Gasteiger partial charge in [0.25, 0.3) is 0 Å². The molecule has 26 heavy (non-hydrogen) atoms. The van der Waals surface area contributed by atoms with Gasteiger partial charge in [-0.1, -0.05) is 31.2 Å². The third-order valence-electron chi connectivity index (χ3n) is 4.14. The Hall–Kier alpha value is -2.34. The number of benzene rings is 2. The number of hydrogen-bond acceptors (Lipinski definition) is 3. The molecular formula is C20H22FNO3S. The molecule has 0 saturated heterocycles. The molecule has 2 aromatic rings. The van der Waals surface area contributed by atoms with Gasteiger partial charge >= 0.3 is 5.97 Å². The Morgan fingerprint density at radius 3 is 2.38 bits per heavy atom. The maximum absolute atomic E-state index is 13.3. The molecule has 0 aliphatic carbocycles. The van der Waals surface area contributed by atoms with E-state index in [-0.39, 0.29) is 30.5 Å². The topological polar surface area (TPSA) is 66.4 Å². The maximum Gasteiger partial charge on any atom is 0.305 e. The average Bonchev–Trinajstić information content (AvgIpc) is 2.60. The number of thioether (sulfide) groups is 1. The summed E-state index contributed by atoms with van der Waals surface area (Å²) >= 11 is 1.59. The minimum absolute atomic E-state index is 0.155. The average molecular weight is 375 g/mol. The first-order chi connectivity index (χ1) is 12.4. The SMILES string of the molecule is CSc1ccc(C(CC(=O)O)NC(=O)CC(C)c2cccc(F)c2)cc1. The van der Waals surface area contributed by atoms with Crippen LogP contribution in [0.3, 0.4) is 0 Å². The summed E-state index contributed by atoms with van der Waals surface area (Å²) in [6, 6.07) is 13.0. The molecule has 0 aliphatic rings. The zero-order valence-corrected chi connectivity index (χ0v) is 15.6. The Bertz CT molecular complexity index is 764. The Labute approximate surface area is 156 Å². The van der Waals surface area contributed by atoms with E-state index in [0.29, 0.717) is 0 Å². The van der Waals surface area contributed by atoms with Crippen molar-refractivity contribution in [2.24, 2.45) is 0 Å². The number of carboxylic acid groups (broad SMARTS) is 1. The van der Waals surface area contributed by atoms with Crippen LogP contribution in [0.1, 0.15) is 42.9 Å². The summed E-state index contributed by atoms with van der Waals surface area (Å²) in [5, 5.41) is 11.9. The lowest BCUT2D eigenvalue weighted by Gasteiger charge is -2.19. The molecule has 2 rings (SSSR count). The Balaban J connectivity index is 2.06. The number of carboxylic acids is 1. The summed E-state index contributed by atoms with van der Waals surface area (Å²) in [7, 11) is 0. The van der Waals surface area contributed by atoms with Crippen molar-refractivity contribution in [3.05, 3.63) is 65.5 Å². The van der Waals surface area contributed by atoms with Crippen molar-refractivity contribution in [3.8, 4) is 0 Å². The van der Waals surface area contributed by atoms with Gasteiger partial charge in [0.1, 0.15) is 5.82 Å². The van der Waals surface area contributed by atoms with Gasteiger partial charge in [-0.3, -0.25) is 9.59 Å². The normalized spacial score (nSPS) is 13.0. The van der Waals surface area contributed by atoms with E-state index in [2.05, 4.69) is 5.32 Å². The van der Waals surface area contributed by atoms with Gasteiger partial charge in [0.2, 0.25) is 5.91 Å². The largest absolute Gasteiger partial charge is 0.481 e. The monoisotopic (exact) mass is 375 g/mol. The second-order valence-electron chi connectivity index (χ2n) is 6.15. The van der Waals surface area contributed by atoms with Gasteiger partial charge in [0.15, 0.2) is 0 Å². The molecule has 4 nitrogen and oxygen atoms in total. The molecule has 0 saturated carbocycles. The van der Waals surface area contributed by atoms with Crippen molar-refractivity contribution in [1.82, 2.24) is 5.32 Å². The fourth-order valence-corrected chi connectivity index (χ4v) is 3.13. The first kappa shape index (κ1) is 20.0. The lowest BCUT2D eigenvalue weighted by atomic mass is 9.96. The second-order valence-corrected chi connectivity index (χ2v) is 7.03. The highest BCUT2D eigenvalue weighted by Crippen LogP contribution is 2.23. The van der Waals surface area contributed by atoms with Crippen molar-refractivity contribution in [3.63, 3.8) is 0 Å². The molecule has 0 radical (unpaired) electrons. The van der Waals surface area contributed by atoms with E-state index >= 15 is 0 Å². The fourth-order valence-electron chi connectivity index (χ4n) is 2.73. The quantitative estimate of drug-likeness (QED) is 0.672. The number of rotatable bonds is 8. The standard InChI is InChI=1S/C20H22FNO3S/c1-13(15-4-3-5-16(21)11-15)10-19(23)22-18(12-20(24)25)14-6-8-17(26-2)9-7-14/h3-9,11,13,18H,10,12H2,1-2H3,(H,22,23)(H,24,25). The van der Waals surface area contributed by atoms with E-state index in [1.54, 1.807) is 23.9 Å². The molecule has 0 bridgehead atoms. The Morgan fingerprint density at radius 2 is 1.81 bits per heavy atom. The van der Waals surface area contributed by atoms with E-state index in [9.17, 15) is 14.0 Å². The minimum Gasteiger partial charge on any atom is -0.481 e. The molecule has 138 valence electrons. The summed E-state index contributed by atoms with van der Waals surface area (Å²) in [5.74, 6) is -1.76. The van der Waals surface area contributed by atoms with E-state index < -0.39 is 12.0 Å². The number of aliphatic carboxylic acids is 1. The Morgan fingerprint density at radius 1 is 1.12 bits per heavy atom. The van der Waals surface area contributed by atoms with Gasteiger partial charge in [-0.15, -0.1) is 11.8 Å². The van der Waals surface area contributed by atoms with Gasteiger partial charge in [-0.2, -0.15) is 0 Å². The molecule has 0 aromatic heterocycles. The van der Waals surface area contributed by atoms with E-state index in [0.717, 1.165) is 16.0 Å².